The Kier molecular flexibility index (Phi) is 1.65. The molecule has 0 radical (unpaired) electrons. The lowest BCUT2D eigenvalue weighted by Crippen LogP contribution is -1.98. The summed E-state index contributed by atoms with van der Waals surface area (Å²) in [7, 11) is 0. The van der Waals surface area contributed by atoms with Crippen LogP contribution in [0.3, 0.4) is 0 Å². The fourth-order valence-corrected chi connectivity index (χ4v) is 1.61. The maximum Gasteiger partial charge on any atom is 0.163 e. The third kappa shape index (κ3) is 1.27. The molecular formula is C11H12O. The summed E-state index contributed by atoms with van der Waals surface area (Å²) in [6.45, 7) is 0. The number of carbonyl (C=O) groups excluding carboxylic acids is 1. The molecule has 12 heavy (non-hydrogen) atoms. The van der Waals surface area contributed by atoms with Crippen LogP contribution in [0, 0.1) is 0 Å². The first kappa shape index (κ1) is 6.41. The van der Waals surface area contributed by atoms with Gasteiger partial charge in [0.2, 0.25) is 0 Å². The molecule has 0 N–H and O–H groups in total. The van der Waals surface area contributed by atoms with E-state index in [0.717, 1.165) is 24.0 Å². The van der Waals surface area contributed by atoms with Gasteiger partial charge in [0.25, 0.3) is 0 Å². The smallest absolute Gasteiger partial charge is 0.163 e. The van der Waals surface area contributed by atoms with Crippen LogP contribution in [0.25, 0.3) is 0 Å². The minimum Gasteiger partial charge on any atom is -0.294 e. The molecule has 0 heterocycles. The summed E-state index contributed by atoms with van der Waals surface area (Å²) in [5.74, 6) is -0.00639. The number of Topliss-reactive ketones (excluding diaryl/α,β-unsaturated/α-hetero) is 1. The number of carbonyl (C=O) groups is 1. The highest BCUT2D eigenvalue weighted by Gasteiger charge is 2.13. The third-order valence-electron chi connectivity index (χ3n) is 2.26. The number of fused-ring (bicyclic) bond motifs is 1. The monoisotopic (exact) mass is 161 g/mol. The van der Waals surface area contributed by atoms with Crippen LogP contribution in [0.5, 0.6) is 0 Å². The number of hydrogen-bond acceptors (Lipinski definition) is 1. The molecule has 0 aliphatic heterocycles. The second kappa shape index (κ2) is 3.10. The molecule has 1 aliphatic rings. The lowest BCUT2D eigenvalue weighted by Gasteiger charge is -2.01. The van der Waals surface area contributed by atoms with Crippen LogP contribution in [0.15, 0.2) is 24.3 Å². The minimum absolute atomic E-state index is 0.00639. The van der Waals surface area contributed by atoms with Crippen LogP contribution in [0.4, 0.5) is 0 Å². The van der Waals surface area contributed by atoms with E-state index in [1.165, 1.54) is 0 Å². The fraction of sp³-hybridized carbons (Fsp3) is 0.364. The van der Waals surface area contributed by atoms with Crippen LogP contribution in [0.1, 0.15) is 36.5 Å². The average Bonchev–Trinajstić information content (AvgIpc) is 2.29. The van der Waals surface area contributed by atoms with Crippen molar-refractivity contribution in [3.63, 3.8) is 0 Å². The predicted octanol–water partition coefficient (Wildman–Crippen LogP) is 2.60. The van der Waals surface area contributed by atoms with Gasteiger partial charge in [-0.15, -0.1) is 0 Å². The van der Waals surface area contributed by atoms with E-state index in [1.807, 2.05) is 24.3 Å². The molecule has 0 amide bonds. The van der Waals surface area contributed by atoms with Crippen LogP contribution >= 0.6 is 0 Å². The van der Waals surface area contributed by atoms with Gasteiger partial charge in [0.1, 0.15) is 0 Å². The van der Waals surface area contributed by atoms with Crippen molar-refractivity contribution in [2.45, 2.75) is 25.7 Å². The molecule has 2 rings (SSSR count). The van der Waals surface area contributed by atoms with E-state index in [9.17, 15) is 4.79 Å². The van der Waals surface area contributed by atoms with Crippen molar-refractivity contribution in [1.29, 1.82) is 0 Å². The summed E-state index contributed by atoms with van der Waals surface area (Å²) in [5.41, 5.74) is 1.88. The van der Waals surface area contributed by atoms with Crippen molar-refractivity contribution < 1.29 is 6.17 Å². The quantitative estimate of drug-likeness (QED) is 0.534. The van der Waals surface area contributed by atoms with Crippen molar-refractivity contribution in [3.8, 4) is 0 Å². The first-order valence-electron chi connectivity index (χ1n) is 4.91. The summed E-state index contributed by atoms with van der Waals surface area (Å²) < 4.78 is 7.60. The summed E-state index contributed by atoms with van der Waals surface area (Å²) in [4.78, 5) is 11.6. The number of ketones is 1. The molecule has 62 valence electrons. The van der Waals surface area contributed by atoms with Crippen molar-refractivity contribution >= 4 is 5.78 Å². The number of hydrogen-bond donors (Lipinski definition) is 0. The van der Waals surface area contributed by atoms with Gasteiger partial charge in [0.05, 0.1) is 0 Å². The molecule has 0 aromatic heterocycles. The van der Waals surface area contributed by atoms with Gasteiger partial charge in [-0.1, -0.05) is 24.3 Å². The molecule has 1 aliphatic carbocycles. The van der Waals surface area contributed by atoms with Crippen molar-refractivity contribution in [2.75, 3.05) is 0 Å². The van der Waals surface area contributed by atoms with E-state index in [4.69, 9.17) is 1.37 Å². The van der Waals surface area contributed by atoms with Gasteiger partial charge in [-0.2, -0.15) is 0 Å². The predicted molar refractivity (Wildman–Crippen MR) is 48.3 cm³/mol. The number of benzene rings is 1. The zero-order valence-corrected chi connectivity index (χ0v) is 6.92. The second-order valence-electron chi connectivity index (χ2n) is 3.12. The van der Waals surface area contributed by atoms with E-state index in [1.54, 1.807) is 0 Å². The van der Waals surface area contributed by atoms with Gasteiger partial charge in [0.15, 0.2) is 5.78 Å². The Hall–Kier alpha value is -1.11. The third-order valence-corrected chi connectivity index (χ3v) is 2.26. The van der Waals surface area contributed by atoms with Gasteiger partial charge in [-0.3, -0.25) is 4.79 Å². The second-order valence-corrected chi connectivity index (χ2v) is 3.12. The fourth-order valence-electron chi connectivity index (χ4n) is 1.61. The van der Waals surface area contributed by atoms with Crippen LogP contribution in [0.2, 0.25) is 0 Å². The first-order valence-corrected chi connectivity index (χ1v) is 4.33. The Morgan fingerprint density at radius 1 is 1.25 bits per heavy atom. The Balaban J connectivity index is 2.46. The molecule has 1 unspecified atom stereocenters. The zero-order valence-electron chi connectivity index (χ0n) is 7.92. The van der Waals surface area contributed by atoms with Gasteiger partial charge in [-0.05, 0) is 24.8 Å². The maximum absolute atomic E-state index is 11.6. The molecule has 0 bridgehead atoms. The molecule has 1 heteroatoms. The Morgan fingerprint density at radius 2 is 2.08 bits per heavy atom. The molecule has 0 saturated heterocycles. The molecule has 1 aromatic rings. The van der Waals surface area contributed by atoms with Crippen LogP contribution in [-0.2, 0) is 6.42 Å². The molecule has 1 atom stereocenters. The highest BCUT2D eigenvalue weighted by atomic mass is 16.1. The Bertz CT molecular complexity index is 333. The van der Waals surface area contributed by atoms with E-state index in [2.05, 4.69) is 0 Å². The van der Waals surface area contributed by atoms with E-state index < -0.39 is 6.40 Å². The van der Waals surface area contributed by atoms with E-state index in [0.29, 0.717) is 6.42 Å². The topological polar surface area (TPSA) is 17.1 Å². The average molecular weight is 161 g/mol. The number of rotatable bonds is 0. The number of aryl methyl sites for hydroxylation is 1. The highest BCUT2D eigenvalue weighted by molar-refractivity contribution is 5.97. The lowest BCUT2D eigenvalue weighted by molar-refractivity contribution is 0.0982. The Morgan fingerprint density at radius 3 is 3.00 bits per heavy atom. The summed E-state index contributed by atoms with van der Waals surface area (Å²) in [5, 5.41) is 0. The van der Waals surface area contributed by atoms with E-state index in [-0.39, 0.29) is 5.78 Å². The Labute approximate surface area is 73.8 Å². The van der Waals surface area contributed by atoms with Crippen molar-refractivity contribution in [2.24, 2.45) is 0 Å². The molecule has 0 fully saturated rings. The molecule has 1 nitrogen and oxygen atoms in total. The standard InChI is InChI=1S/C11H12O/c12-11-8-4-2-6-9-5-1-3-7-10(9)11/h1,3,5,7H,2,4,6,8H2/i8D. The largest absolute Gasteiger partial charge is 0.294 e. The van der Waals surface area contributed by atoms with E-state index >= 15 is 0 Å². The van der Waals surface area contributed by atoms with Crippen molar-refractivity contribution in [3.05, 3.63) is 35.4 Å². The minimum atomic E-state index is -0.538. The van der Waals surface area contributed by atoms with Gasteiger partial charge in [-0.25, -0.2) is 0 Å². The molecular weight excluding hydrogens is 148 g/mol. The normalized spacial score (nSPS) is 24.2. The van der Waals surface area contributed by atoms with Gasteiger partial charge < -0.3 is 0 Å². The summed E-state index contributed by atoms with van der Waals surface area (Å²) in [6.07, 6.45) is 2.06. The zero-order chi connectivity index (χ0) is 9.26. The first-order chi connectivity index (χ1) is 6.29. The van der Waals surface area contributed by atoms with Gasteiger partial charge in [0, 0.05) is 13.3 Å². The SMILES string of the molecule is [2H]C1CCCc2ccccc2C1=O. The van der Waals surface area contributed by atoms with Gasteiger partial charge >= 0.3 is 0 Å². The molecule has 0 spiro atoms. The summed E-state index contributed by atoms with van der Waals surface area (Å²) in [6, 6.07) is 7.65. The van der Waals surface area contributed by atoms with Crippen LogP contribution < -0.4 is 0 Å². The van der Waals surface area contributed by atoms with Crippen LogP contribution in [-0.4, -0.2) is 5.78 Å². The molecule has 1 aromatic carbocycles. The molecule has 0 saturated carbocycles. The highest BCUT2D eigenvalue weighted by Crippen LogP contribution is 2.19. The lowest BCUT2D eigenvalue weighted by atomic mass is 10.0. The summed E-state index contributed by atoms with van der Waals surface area (Å²) >= 11 is 0. The van der Waals surface area contributed by atoms with Crippen molar-refractivity contribution in [1.82, 2.24) is 0 Å². The maximum atomic E-state index is 11.6.